The first-order chi connectivity index (χ1) is 5.97. The topological polar surface area (TPSA) is 96.2 Å². The van der Waals surface area contributed by atoms with Crippen molar-refractivity contribution in [2.45, 2.75) is 0 Å². The van der Waals surface area contributed by atoms with Crippen molar-refractivity contribution in [3.63, 3.8) is 0 Å². The molecule has 0 spiro atoms. The van der Waals surface area contributed by atoms with Gasteiger partial charge in [-0.1, -0.05) is 10.7 Å². The molecule has 0 aliphatic carbocycles. The smallest absolute Gasteiger partial charge is 0.505 e. The third-order valence-corrected chi connectivity index (χ3v) is 1.32. The van der Waals surface area contributed by atoms with Gasteiger partial charge in [0.25, 0.3) is 0 Å². The van der Waals surface area contributed by atoms with Crippen molar-refractivity contribution in [2.24, 2.45) is 0 Å². The molecule has 0 radical (unpaired) electrons. The summed E-state index contributed by atoms with van der Waals surface area (Å²) in [5.41, 5.74) is 0. The van der Waals surface area contributed by atoms with E-state index in [1.807, 2.05) is 0 Å². The molecule has 0 unspecified atom stereocenters. The van der Waals surface area contributed by atoms with Gasteiger partial charge in [-0.3, -0.25) is 0 Å². The number of phenols is 1. The van der Waals surface area contributed by atoms with Crippen molar-refractivity contribution >= 4 is 7.82 Å². The first-order valence-electron chi connectivity index (χ1n) is 3.18. The Kier molecular flexibility index (Phi) is 2.90. The Morgan fingerprint density at radius 1 is 1.31 bits per heavy atom. The average molecular weight is 206 g/mol. The van der Waals surface area contributed by atoms with Gasteiger partial charge in [0.05, 0.1) is 0 Å². The Labute approximate surface area is 73.5 Å². The van der Waals surface area contributed by atoms with Crippen molar-refractivity contribution in [3.05, 3.63) is 24.3 Å². The van der Waals surface area contributed by atoms with Gasteiger partial charge in [-0.25, -0.2) is 4.57 Å². The summed E-state index contributed by atoms with van der Waals surface area (Å²) < 4.78 is 13.9. The minimum absolute atomic E-state index is 0.00308. The van der Waals surface area contributed by atoms with E-state index >= 15 is 0 Å². The number of benzene rings is 1. The highest BCUT2D eigenvalue weighted by Gasteiger charge is 2.16. The molecule has 13 heavy (non-hydrogen) atoms. The Morgan fingerprint density at radius 2 is 2.00 bits per heavy atom. The monoisotopic (exact) mass is 206 g/mol. The number of hydrogen-bond donors (Lipinski definition) is 3. The SMILES string of the molecule is O=P(O)(O)OOc1cccc(O)c1. The van der Waals surface area contributed by atoms with E-state index in [4.69, 9.17) is 14.9 Å². The van der Waals surface area contributed by atoms with Crippen LogP contribution in [0.3, 0.4) is 0 Å². The van der Waals surface area contributed by atoms with Crippen LogP contribution in [0.2, 0.25) is 0 Å². The van der Waals surface area contributed by atoms with E-state index < -0.39 is 7.82 Å². The van der Waals surface area contributed by atoms with Gasteiger partial charge >= 0.3 is 7.82 Å². The maximum Gasteiger partial charge on any atom is 0.505 e. The van der Waals surface area contributed by atoms with E-state index in [0.29, 0.717) is 0 Å². The van der Waals surface area contributed by atoms with Crippen LogP contribution in [0.5, 0.6) is 11.5 Å². The van der Waals surface area contributed by atoms with Gasteiger partial charge < -0.3 is 19.8 Å². The fourth-order valence-electron chi connectivity index (χ4n) is 0.627. The van der Waals surface area contributed by atoms with Crippen LogP contribution in [0.25, 0.3) is 0 Å². The number of hydrogen-bond acceptors (Lipinski definition) is 4. The molecule has 0 saturated carbocycles. The maximum absolute atomic E-state index is 10.2. The molecular formula is C6H7O6P. The van der Waals surface area contributed by atoms with Crippen molar-refractivity contribution in [3.8, 4) is 11.5 Å². The second kappa shape index (κ2) is 3.76. The Balaban J connectivity index is 2.60. The van der Waals surface area contributed by atoms with Crippen LogP contribution in [-0.4, -0.2) is 14.9 Å². The number of phenolic OH excluding ortho intramolecular Hbond substituents is 1. The third kappa shape index (κ3) is 3.91. The Hall–Kier alpha value is -1.07. The molecule has 0 amide bonds. The summed E-state index contributed by atoms with van der Waals surface area (Å²) in [7, 11) is -4.65. The molecule has 0 atom stereocenters. The highest BCUT2D eigenvalue weighted by Crippen LogP contribution is 2.36. The van der Waals surface area contributed by atoms with Gasteiger partial charge in [0, 0.05) is 6.07 Å². The minimum Gasteiger partial charge on any atom is -0.508 e. The first kappa shape index (κ1) is 10.0. The molecule has 1 rings (SSSR count). The average Bonchev–Trinajstić information content (AvgIpc) is 2.00. The van der Waals surface area contributed by atoms with Crippen molar-refractivity contribution in [1.29, 1.82) is 0 Å². The van der Waals surface area contributed by atoms with E-state index in [1.54, 1.807) is 0 Å². The summed E-state index contributed by atoms with van der Waals surface area (Å²) in [5, 5.41) is 8.91. The summed E-state index contributed by atoms with van der Waals surface area (Å²) in [6.07, 6.45) is 0. The summed E-state index contributed by atoms with van der Waals surface area (Å²) in [6.45, 7) is 0. The standard InChI is InChI=1S/C6H7O6P/c7-5-2-1-3-6(4-5)11-12-13(8,9)10/h1-4,7H,(H2,8,9,10). The molecule has 0 fully saturated rings. The second-order valence-electron chi connectivity index (χ2n) is 2.15. The van der Waals surface area contributed by atoms with Gasteiger partial charge in [0.2, 0.25) is 0 Å². The summed E-state index contributed by atoms with van der Waals surface area (Å²) in [6, 6.07) is 5.34. The zero-order chi connectivity index (χ0) is 9.90. The molecule has 0 aliphatic heterocycles. The number of phosphoric acid groups is 1. The Bertz CT molecular complexity index is 332. The third-order valence-electron chi connectivity index (χ3n) is 1.05. The molecule has 7 heteroatoms. The van der Waals surface area contributed by atoms with Gasteiger partial charge in [-0.2, -0.15) is 0 Å². The summed E-state index contributed by atoms with van der Waals surface area (Å²) in [4.78, 5) is 20.7. The molecule has 6 nitrogen and oxygen atoms in total. The molecule has 0 aliphatic rings. The summed E-state index contributed by atoms with van der Waals surface area (Å²) >= 11 is 0. The molecule has 3 N–H and O–H groups in total. The van der Waals surface area contributed by atoms with Crippen LogP contribution in [0.1, 0.15) is 0 Å². The number of aromatic hydroxyl groups is 1. The molecule has 0 heterocycles. The van der Waals surface area contributed by atoms with Crippen molar-refractivity contribution < 1.29 is 29.0 Å². The molecule has 1 aromatic carbocycles. The molecule has 72 valence electrons. The highest BCUT2D eigenvalue weighted by molar-refractivity contribution is 7.46. The number of rotatable bonds is 3. The zero-order valence-electron chi connectivity index (χ0n) is 6.32. The van der Waals surface area contributed by atoms with Crippen LogP contribution in [-0.2, 0) is 9.24 Å². The van der Waals surface area contributed by atoms with Crippen molar-refractivity contribution in [2.75, 3.05) is 0 Å². The van der Waals surface area contributed by atoms with Gasteiger partial charge in [-0.05, 0) is 12.1 Å². The van der Waals surface area contributed by atoms with Gasteiger partial charge in [0.15, 0.2) is 5.75 Å². The zero-order valence-corrected chi connectivity index (χ0v) is 7.22. The lowest BCUT2D eigenvalue weighted by molar-refractivity contribution is -0.122. The van der Waals surface area contributed by atoms with Crippen LogP contribution in [0.4, 0.5) is 0 Å². The maximum atomic E-state index is 10.2. The van der Waals surface area contributed by atoms with E-state index in [0.717, 1.165) is 6.07 Å². The molecule has 0 saturated heterocycles. The fourth-order valence-corrected chi connectivity index (χ4v) is 0.810. The Morgan fingerprint density at radius 3 is 2.54 bits per heavy atom. The molecule has 1 aromatic rings. The predicted molar refractivity (Wildman–Crippen MR) is 41.9 cm³/mol. The quantitative estimate of drug-likeness (QED) is 0.384. The van der Waals surface area contributed by atoms with Gasteiger partial charge in [0.1, 0.15) is 5.75 Å². The lowest BCUT2D eigenvalue weighted by atomic mass is 10.3. The lowest BCUT2D eigenvalue weighted by Crippen LogP contribution is -1.93. The van der Waals surface area contributed by atoms with Gasteiger partial charge in [-0.15, -0.1) is 0 Å². The van der Waals surface area contributed by atoms with Crippen LogP contribution in [0, 0.1) is 0 Å². The minimum atomic E-state index is -4.65. The van der Waals surface area contributed by atoms with E-state index in [9.17, 15) is 4.57 Å². The predicted octanol–water partition coefficient (Wildman–Crippen LogP) is 0.795. The van der Waals surface area contributed by atoms with Crippen LogP contribution < -0.4 is 4.89 Å². The molecular weight excluding hydrogens is 199 g/mol. The highest BCUT2D eigenvalue weighted by atomic mass is 31.2. The summed E-state index contributed by atoms with van der Waals surface area (Å²) in [5.74, 6) is -0.0878. The van der Waals surface area contributed by atoms with Crippen molar-refractivity contribution in [1.82, 2.24) is 0 Å². The second-order valence-corrected chi connectivity index (χ2v) is 3.28. The molecule has 0 bridgehead atoms. The van der Waals surface area contributed by atoms with Crippen LogP contribution >= 0.6 is 7.82 Å². The van der Waals surface area contributed by atoms with E-state index in [-0.39, 0.29) is 11.5 Å². The van der Waals surface area contributed by atoms with E-state index in [1.165, 1.54) is 18.2 Å². The lowest BCUT2D eigenvalue weighted by Gasteiger charge is -2.04. The normalized spacial score (nSPS) is 11.2. The molecule has 0 aromatic heterocycles. The largest absolute Gasteiger partial charge is 0.508 e. The first-order valence-corrected chi connectivity index (χ1v) is 4.71. The fraction of sp³-hybridized carbons (Fsp3) is 0. The van der Waals surface area contributed by atoms with E-state index in [2.05, 4.69) is 9.56 Å². The van der Waals surface area contributed by atoms with Crippen LogP contribution in [0.15, 0.2) is 24.3 Å².